The van der Waals surface area contributed by atoms with Gasteiger partial charge in [-0.3, -0.25) is 9.59 Å². The number of amides is 2. The van der Waals surface area contributed by atoms with Gasteiger partial charge in [-0.25, -0.2) is 5.43 Å². The molecule has 1 heterocycles. The number of hydrogen-bond acceptors (Lipinski definition) is 9. The first-order valence-corrected chi connectivity index (χ1v) is 13.3. The first-order chi connectivity index (χ1) is 20.4. The molecule has 1 aliphatic heterocycles. The first-order valence-electron chi connectivity index (χ1n) is 13.3. The van der Waals surface area contributed by atoms with Crippen molar-refractivity contribution in [2.24, 2.45) is 5.10 Å². The normalized spacial score (nSPS) is 12.2. The van der Waals surface area contributed by atoms with Crippen molar-refractivity contribution >= 4 is 29.8 Å². The van der Waals surface area contributed by atoms with Crippen LogP contribution in [0.4, 0.5) is 5.69 Å². The second kappa shape index (κ2) is 13.9. The molecule has 0 saturated carbocycles. The molecule has 3 aromatic carbocycles. The maximum Gasteiger partial charge on any atom is 0.287 e. The minimum absolute atomic E-state index is 0.0540. The number of methoxy groups -OCH3 is 3. The zero-order valence-electron chi connectivity index (χ0n) is 24.2. The molecule has 3 aromatic rings. The van der Waals surface area contributed by atoms with Gasteiger partial charge in [0.05, 0.1) is 27.5 Å². The van der Waals surface area contributed by atoms with Crippen LogP contribution >= 0.6 is 0 Å². The van der Waals surface area contributed by atoms with Crippen LogP contribution in [0.5, 0.6) is 28.7 Å². The lowest BCUT2D eigenvalue weighted by Crippen LogP contribution is -2.32. The Morgan fingerprint density at radius 3 is 2.14 bits per heavy atom. The third-order valence-electron chi connectivity index (χ3n) is 6.53. The molecule has 2 N–H and O–H groups in total. The summed E-state index contributed by atoms with van der Waals surface area (Å²) in [5.74, 6) is 0.845. The molecule has 11 nitrogen and oxygen atoms in total. The SMILES string of the molecule is CCN(CC)c1ccc(/C=N\NC(=O)/C(=C/c2ccc3c(c2)OCO3)NC(=O)c2cc(OC)c(OC)c(OC)c2)cc1. The molecule has 0 aliphatic carbocycles. The molecule has 0 atom stereocenters. The van der Waals surface area contributed by atoms with Crippen LogP contribution in [0.25, 0.3) is 6.08 Å². The quantitative estimate of drug-likeness (QED) is 0.188. The molecule has 220 valence electrons. The summed E-state index contributed by atoms with van der Waals surface area (Å²) in [6, 6.07) is 16.0. The Morgan fingerprint density at radius 1 is 0.881 bits per heavy atom. The average molecular weight is 575 g/mol. The lowest BCUT2D eigenvalue weighted by atomic mass is 10.1. The Labute approximate surface area is 244 Å². The zero-order chi connectivity index (χ0) is 30.1. The number of hydrazone groups is 1. The number of carbonyl (C=O) groups is 2. The Kier molecular flexibility index (Phi) is 9.88. The van der Waals surface area contributed by atoms with Crippen molar-refractivity contribution in [1.82, 2.24) is 10.7 Å². The monoisotopic (exact) mass is 574 g/mol. The number of benzene rings is 3. The van der Waals surface area contributed by atoms with Gasteiger partial charge in [0.2, 0.25) is 12.5 Å². The van der Waals surface area contributed by atoms with Gasteiger partial charge < -0.3 is 33.9 Å². The second-order valence-electron chi connectivity index (χ2n) is 9.00. The van der Waals surface area contributed by atoms with Gasteiger partial charge in [0, 0.05) is 24.3 Å². The lowest BCUT2D eigenvalue weighted by molar-refractivity contribution is -0.117. The van der Waals surface area contributed by atoms with Gasteiger partial charge >= 0.3 is 0 Å². The van der Waals surface area contributed by atoms with Crippen LogP contribution in [-0.4, -0.2) is 59.2 Å². The van der Waals surface area contributed by atoms with Crippen LogP contribution in [0.3, 0.4) is 0 Å². The van der Waals surface area contributed by atoms with Crippen LogP contribution < -0.4 is 39.3 Å². The summed E-state index contributed by atoms with van der Waals surface area (Å²) in [5, 5.41) is 6.78. The van der Waals surface area contributed by atoms with Crippen molar-refractivity contribution in [3.8, 4) is 28.7 Å². The van der Waals surface area contributed by atoms with E-state index in [1.54, 1.807) is 18.2 Å². The zero-order valence-corrected chi connectivity index (χ0v) is 24.2. The van der Waals surface area contributed by atoms with Gasteiger partial charge in [0.15, 0.2) is 23.0 Å². The van der Waals surface area contributed by atoms with Crippen molar-refractivity contribution in [2.75, 3.05) is 46.1 Å². The molecule has 1 aliphatic rings. The summed E-state index contributed by atoms with van der Waals surface area (Å²) in [5.41, 5.74) is 5.13. The molecule has 0 saturated heterocycles. The Balaban J connectivity index is 1.58. The molecule has 0 bridgehead atoms. The summed E-state index contributed by atoms with van der Waals surface area (Å²) < 4.78 is 26.9. The lowest BCUT2D eigenvalue weighted by Gasteiger charge is -2.20. The molecular weight excluding hydrogens is 540 g/mol. The van der Waals surface area contributed by atoms with Crippen LogP contribution in [0, 0.1) is 0 Å². The van der Waals surface area contributed by atoms with Crippen molar-refractivity contribution in [1.29, 1.82) is 0 Å². The number of carbonyl (C=O) groups excluding carboxylic acids is 2. The summed E-state index contributed by atoms with van der Waals surface area (Å²) >= 11 is 0. The highest BCUT2D eigenvalue weighted by Crippen LogP contribution is 2.38. The minimum Gasteiger partial charge on any atom is -0.493 e. The predicted molar refractivity (Wildman–Crippen MR) is 160 cm³/mol. The largest absolute Gasteiger partial charge is 0.493 e. The first kappa shape index (κ1) is 29.8. The molecule has 4 rings (SSSR count). The van der Waals surface area contributed by atoms with Crippen molar-refractivity contribution < 1.29 is 33.3 Å². The molecule has 11 heteroatoms. The maximum atomic E-state index is 13.3. The van der Waals surface area contributed by atoms with E-state index in [0.717, 1.165) is 24.3 Å². The molecule has 0 aromatic heterocycles. The number of rotatable bonds is 12. The van der Waals surface area contributed by atoms with Gasteiger partial charge in [-0.15, -0.1) is 0 Å². The summed E-state index contributed by atoms with van der Waals surface area (Å²) in [6.07, 6.45) is 3.05. The van der Waals surface area contributed by atoms with Crippen LogP contribution in [0.2, 0.25) is 0 Å². The van der Waals surface area contributed by atoms with E-state index in [1.165, 1.54) is 45.8 Å². The highest BCUT2D eigenvalue weighted by atomic mass is 16.7. The Hall–Kier alpha value is -5.19. The van der Waals surface area contributed by atoms with E-state index in [-0.39, 0.29) is 18.1 Å². The number of nitrogens with zero attached hydrogens (tertiary/aromatic N) is 2. The van der Waals surface area contributed by atoms with E-state index >= 15 is 0 Å². The number of hydrogen-bond donors (Lipinski definition) is 2. The molecular formula is C31H34N4O7. The van der Waals surface area contributed by atoms with Gasteiger partial charge in [0.1, 0.15) is 5.70 Å². The number of fused-ring (bicyclic) bond motifs is 1. The fraction of sp³-hybridized carbons (Fsp3) is 0.258. The predicted octanol–water partition coefficient (Wildman–Crippen LogP) is 4.21. The summed E-state index contributed by atoms with van der Waals surface area (Å²) in [7, 11) is 4.37. The second-order valence-corrected chi connectivity index (χ2v) is 9.00. The van der Waals surface area contributed by atoms with Crippen LogP contribution in [0.15, 0.2) is 65.4 Å². The van der Waals surface area contributed by atoms with E-state index < -0.39 is 11.8 Å². The van der Waals surface area contributed by atoms with Crippen LogP contribution in [-0.2, 0) is 4.79 Å². The van der Waals surface area contributed by atoms with Crippen molar-refractivity contribution in [2.45, 2.75) is 13.8 Å². The van der Waals surface area contributed by atoms with Gasteiger partial charge in [-0.1, -0.05) is 18.2 Å². The topological polar surface area (TPSA) is 120 Å². The number of ether oxygens (including phenoxy) is 5. The minimum atomic E-state index is -0.635. The van der Waals surface area contributed by atoms with E-state index in [0.29, 0.717) is 34.3 Å². The molecule has 0 unspecified atom stereocenters. The van der Waals surface area contributed by atoms with Gasteiger partial charge in [-0.05, 0) is 67.4 Å². The smallest absolute Gasteiger partial charge is 0.287 e. The Morgan fingerprint density at radius 2 is 1.52 bits per heavy atom. The highest BCUT2D eigenvalue weighted by molar-refractivity contribution is 6.06. The third-order valence-corrected chi connectivity index (χ3v) is 6.53. The molecule has 2 amide bonds. The highest BCUT2D eigenvalue weighted by Gasteiger charge is 2.20. The standard InChI is InChI=1S/C31H34N4O7/c1-6-35(7-2)23-11-8-20(9-12-23)18-32-34-31(37)24(14-21-10-13-25-26(15-21)42-19-41-25)33-30(36)22-16-27(38-3)29(40-5)28(17-22)39-4/h8-18H,6-7,19H2,1-5H3,(H,33,36)(H,34,37)/b24-14-,32-18-. The fourth-order valence-electron chi connectivity index (χ4n) is 4.32. The van der Waals surface area contributed by atoms with Crippen LogP contribution in [0.1, 0.15) is 35.3 Å². The molecule has 0 fully saturated rings. The van der Waals surface area contributed by atoms with E-state index in [2.05, 4.69) is 34.6 Å². The van der Waals surface area contributed by atoms with Gasteiger partial charge in [-0.2, -0.15) is 5.10 Å². The van der Waals surface area contributed by atoms with Crippen molar-refractivity contribution in [3.63, 3.8) is 0 Å². The third kappa shape index (κ3) is 6.92. The summed E-state index contributed by atoms with van der Waals surface area (Å²) in [4.78, 5) is 28.8. The molecule has 42 heavy (non-hydrogen) atoms. The fourth-order valence-corrected chi connectivity index (χ4v) is 4.32. The number of anilines is 1. The Bertz CT molecular complexity index is 1460. The molecule has 0 radical (unpaired) electrons. The van der Waals surface area contributed by atoms with Gasteiger partial charge in [0.25, 0.3) is 11.8 Å². The molecule has 0 spiro atoms. The van der Waals surface area contributed by atoms with E-state index in [9.17, 15) is 9.59 Å². The number of nitrogens with one attached hydrogen (secondary N) is 2. The average Bonchev–Trinajstić information content (AvgIpc) is 3.49. The summed E-state index contributed by atoms with van der Waals surface area (Å²) in [6.45, 7) is 6.12. The maximum absolute atomic E-state index is 13.3. The van der Waals surface area contributed by atoms with E-state index in [4.69, 9.17) is 23.7 Å². The van der Waals surface area contributed by atoms with E-state index in [1.807, 2.05) is 24.3 Å². The van der Waals surface area contributed by atoms with Crippen molar-refractivity contribution in [3.05, 3.63) is 77.0 Å².